The number of ether oxygens (including phenoxy) is 1. The van der Waals surface area contributed by atoms with E-state index in [0.717, 1.165) is 4.57 Å². The maximum Gasteiger partial charge on any atom is 0.208 e. The average molecular weight is 346 g/mol. The molecule has 1 aromatic heterocycles. The van der Waals surface area contributed by atoms with Crippen LogP contribution in [-0.2, 0) is 14.8 Å². The van der Waals surface area contributed by atoms with Gasteiger partial charge in [0.25, 0.3) is 0 Å². The molecule has 0 unspecified atom stereocenters. The van der Waals surface area contributed by atoms with Crippen molar-refractivity contribution in [2.75, 3.05) is 6.61 Å². The molecule has 2 heterocycles. The second-order valence-corrected chi connectivity index (χ2v) is 5.57. The summed E-state index contributed by atoms with van der Waals surface area (Å²) in [6.07, 6.45) is -5.07. The Labute approximate surface area is 135 Å². The van der Waals surface area contributed by atoms with Gasteiger partial charge in [0.2, 0.25) is 12.0 Å². The van der Waals surface area contributed by atoms with Crippen molar-refractivity contribution < 1.29 is 34.6 Å². The molecule has 0 bridgehead atoms. The molecule has 0 spiro atoms. The summed E-state index contributed by atoms with van der Waals surface area (Å²) in [4.78, 5) is 0. The average Bonchev–Trinajstić information content (AvgIpc) is 2.91. The molecule has 1 aromatic carbocycles. The third-order valence-corrected chi connectivity index (χ3v) is 4.31. The van der Waals surface area contributed by atoms with Gasteiger partial charge in [0.05, 0.1) is 24.0 Å². The highest BCUT2D eigenvalue weighted by Gasteiger charge is 2.57. The fourth-order valence-electron chi connectivity index (χ4n) is 2.93. The summed E-state index contributed by atoms with van der Waals surface area (Å²) in [7, 11) is 0. The van der Waals surface area contributed by atoms with Crippen molar-refractivity contribution >= 4 is 22.8 Å². The first kappa shape index (κ1) is 16.5. The third kappa shape index (κ3) is 2.31. The SMILES string of the molecule is OC[C@H]1O[C@H](OCl)[C@H](O)[C@](O)(n2cc(O)c3ccccc32)[C@@H]1O. The Morgan fingerprint density at radius 3 is 2.61 bits per heavy atom. The molecule has 8 nitrogen and oxygen atoms in total. The smallest absolute Gasteiger partial charge is 0.208 e. The summed E-state index contributed by atoms with van der Waals surface area (Å²) in [5, 5.41) is 51.5. The summed E-state index contributed by atoms with van der Waals surface area (Å²) >= 11 is 5.27. The van der Waals surface area contributed by atoms with E-state index in [2.05, 4.69) is 4.29 Å². The summed E-state index contributed by atoms with van der Waals surface area (Å²) in [6.45, 7) is -0.641. The van der Waals surface area contributed by atoms with Crippen LogP contribution in [-0.4, -0.2) is 61.3 Å². The molecule has 5 N–H and O–H groups in total. The van der Waals surface area contributed by atoms with Crippen LogP contribution < -0.4 is 0 Å². The molecule has 0 saturated carbocycles. The number of benzene rings is 1. The van der Waals surface area contributed by atoms with Gasteiger partial charge in [-0.05, 0) is 12.1 Å². The standard InChI is InChI=1S/C14H16ClNO7/c15-23-13-12(20)14(21,11(19)10(6-17)22-13)16-5-9(18)7-3-1-2-4-8(7)16/h1-5,10-13,17-21H,6H2/t10-,11-,12+,13-,14+/m1/s1. The van der Waals surface area contributed by atoms with Gasteiger partial charge in [-0.15, -0.1) is 0 Å². The van der Waals surface area contributed by atoms with E-state index in [1.807, 2.05) is 0 Å². The molecule has 1 saturated heterocycles. The molecule has 1 aliphatic rings. The van der Waals surface area contributed by atoms with Crippen LogP contribution in [0.5, 0.6) is 5.75 Å². The maximum atomic E-state index is 11.0. The molecule has 1 fully saturated rings. The van der Waals surface area contributed by atoms with Crippen LogP contribution in [0.25, 0.3) is 10.9 Å². The van der Waals surface area contributed by atoms with Gasteiger partial charge < -0.3 is 34.8 Å². The van der Waals surface area contributed by atoms with E-state index in [0.29, 0.717) is 10.9 Å². The van der Waals surface area contributed by atoms with Crippen LogP contribution in [0.2, 0.25) is 0 Å². The van der Waals surface area contributed by atoms with Gasteiger partial charge >= 0.3 is 0 Å². The lowest BCUT2D eigenvalue weighted by Crippen LogP contribution is -2.67. The molecule has 0 aliphatic carbocycles. The number of halogens is 1. The predicted molar refractivity (Wildman–Crippen MR) is 78.5 cm³/mol. The molecule has 1 aliphatic heterocycles. The predicted octanol–water partition coefficient (Wildman–Crippen LogP) is -0.399. The van der Waals surface area contributed by atoms with Gasteiger partial charge in [0, 0.05) is 11.6 Å². The lowest BCUT2D eigenvalue weighted by atomic mass is 9.91. The van der Waals surface area contributed by atoms with Crippen LogP contribution >= 0.6 is 11.9 Å². The van der Waals surface area contributed by atoms with Crippen molar-refractivity contribution in [2.24, 2.45) is 0 Å². The van der Waals surface area contributed by atoms with E-state index in [-0.39, 0.29) is 5.75 Å². The fourth-order valence-corrected chi connectivity index (χ4v) is 3.07. The van der Waals surface area contributed by atoms with Crippen LogP contribution in [0.1, 0.15) is 0 Å². The van der Waals surface area contributed by atoms with Gasteiger partial charge in [-0.2, -0.15) is 0 Å². The second-order valence-electron chi connectivity index (χ2n) is 5.39. The molecular formula is C14H16ClNO7. The fraction of sp³-hybridized carbons (Fsp3) is 0.429. The number of nitrogens with zero attached hydrogens (tertiary/aromatic N) is 1. The van der Waals surface area contributed by atoms with E-state index in [4.69, 9.17) is 16.6 Å². The Balaban J connectivity index is 2.19. The normalized spacial score (nSPS) is 34.8. The van der Waals surface area contributed by atoms with E-state index < -0.39 is 36.9 Å². The van der Waals surface area contributed by atoms with Gasteiger partial charge in [0.1, 0.15) is 18.0 Å². The minimum Gasteiger partial charge on any atom is -0.506 e. The van der Waals surface area contributed by atoms with Crippen molar-refractivity contribution in [1.29, 1.82) is 0 Å². The van der Waals surface area contributed by atoms with Gasteiger partial charge in [0.15, 0.2) is 6.10 Å². The van der Waals surface area contributed by atoms with Crippen molar-refractivity contribution in [3.05, 3.63) is 30.5 Å². The topological polar surface area (TPSA) is 125 Å². The molecular weight excluding hydrogens is 330 g/mol. The van der Waals surface area contributed by atoms with Crippen molar-refractivity contribution in [3.8, 4) is 5.75 Å². The first-order valence-electron chi connectivity index (χ1n) is 6.86. The quantitative estimate of drug-likeness (QED) is 0.512. The third-order valence-electron chi connectivity index (χ3n) is 4.13. The highest BCUT2D eigenvalue weighted by atomic mass is 35.5. The zero-order chi connectivity index (χ0) is 16.8. The molecule has 0 amide bonds. The zero-order valence-electron chi connectivity index (χ0n) is 11.8. The number of rotatable bonds is 3. The number of aromatic nitrogens is 1. The number of para-hydroxylation sites is 1. The highest BCUT2D eigenvalue weighted by molar-refractivity contribution is 6.07. The molecule has 9 heteroatoms. The van der Waals surface area contributed by atoms with Crippen LogP contribution in [0, 0.1) is 0 Å². The second kappa shape index (κ2) is 5.91. The van der Waals surface area contributed by atoms with Crippen LogP contribution in [0.4, 0.5) is 0 Å². The Morgan fingerprint density at radius 2 is 1.96 bits per heavy atom. The number of aliphatic hydroxyl groups excluding tert-OH is 3. The molecule has 126 valence electrons. The zero-order valence-corrected chi connectivity index (χ0v) is 12.5. The van der Waals surface area contributed by atoms with Gasteiger partial charge in [-0.25, -0.2) is 4.29 Å². The maximum absolute atomic E-state index is 11.0. The van der Waals surface area contributed by atoms with Crippen molar-refractivity contribution in [2.45, 2.75) is 30.3 Å². The molecule has 23 heavy (non-hydrogen) atoms. The largest absolute Gasteiger partial charge is 0.506 e. The Morgan fingerprint density at radius 1 is 1.26 bits per heavy atom. The summed E-state index contributed by atoms with van der Waals surface area (Å²) in [5.41, 5.74) is -1.98. The number of hydrogen-bond donors (Lipinski definition) is 5. The van der Waals surface area contributed by atoms with Crippen LogP contribution in [0.15, 0.2) is 30.5 Å². The lowest BCUT2D eigenvalue weighted by molar-refractivity contribution is -0.340. The van der Waals surface area contributed by atoms with E-state index in [1.165, 1.54) is 6.20 Å². The van der Waals surface area contributed by atoms with Gasteiger partial charge in [-0.1, -0.05) is 12.1 Å². The minimum atomic E-state index is -2.34. The van der Waals surface area contributed by atoms with Crippen LogP contribution in [0.3, 0.4) is 0 Å². The van der Waals surface area contributed by atoms with Gasteiger partial charge in [-0.3, -0.25) is 0 Å². The van der Waals surface area contributed by atoms with E-state index >= 15 is 0 Å². The number of hydrogen-bond acceptors (Lipinski definition) is 7. The summed E-state index contributed by atoms with van der Waals surface area (Å²) in [6, 6.07) is 6.56. The van der Waals surface area contributed by atoms with Crippen molar-refractivity contribution in [1.82, 2.24) is 4.57 Å². The molecule has 5 atom stereocenters. The first-order chi connectivity index (χ1) is 10.9. The number of aliphatic hydroxyl groups is 4. The molecule has 3 rings (SSSR count). The van der Waals surface area contributed by atoms with Crippen molar-refractivity contribution in [3.63, 3.8) is 0 Å². The number of aromatic hydroxyl groups is 1. The Bertz CT molecular complexity index is 689. The first-order valence-corrected chi connectivity index (χ1v) is 7.17. The lowest BCUT2D eigenvalue weighted by Gasteiger charge is -2.47. The Hall–Kier alpha value is -1.39. The highest BCUT2D eigenvalue weighted by Crippen LogP contribution is 2.39. The number of fused-ring (bicyclic) bond motifs is 1. The molecule has 0 radical (unpaired) electrons. The van der Waals surface area contributed by atoms with E-state index in [1.54, 1.807) is 24.3 Å². The monoisotopic (exact) mass is 345 g/mol. The minimum absolute atomic E-state index is 0.149. The molecule has 2 aromatic rings. The summed E-state index contributed by atoms with van der Waals surface area (Å²) < 4.78 is 10.7. The summed E-state index contributed by atoms with van der Waals surface area (Å²) in [5.74, 6) is -0.149. The van der Waals surface area contributed by atoms with E-state index in [9.17, 15) is 25.5 Å². The Kier molecular flexibility index (Phi) is 4.23.